The second kappa shape index (κ2) is 8.04. The number of hydrogen-bond donors (Lipinski definition) is 2. The van der Waals surface area contributed by atoms with Gasteiger partial charge >= 0.3 is 5.97 Å². The Bertz CT molecular complexity index is 647. The summed E-state index contributed by atoms with van der Waals surface area (Å²) in [5.74, 6) is -1.70. The fourth-order valence-electron chi connectivity index (χ4n) is 2.36. The number of amides is 1. The molecule has 2 rings (SSSR count). The van der Waals surface area contributed by atoms with Gasteiger partial charge in [-0.25, -0.2) is 0 Å². The fraction of sp³-hybridized carbons (Fsp3) is 0.429. The summed E-state index contributed by atoms with van der Waals surface area (Å²) in [6, 6.07) is 2.65. The Kier molecular flexibility index (Phi) is 6.07. The van der Waals surface area contributed by atoms with Gasteiger partial charge in [-0.15, -0.1) is 0 Å². The van der Waals surface area contributed by atoms with E-state index in [1.165, 1.54) is 12.1 Å². The number of benzene rings is 1. The molecule has 1 aliphatic rings. The number of aliphatic carboxylic acids is 1. The van der Waals surface area contributed by atoms with Gasteiger partial charge < -0.3 is 15.2 Å². The van der Waals surface area contributed by atoms with E-state index >= 15 is 0 Å². The van der Waals surface area contributed by atoms with Gasteiger partial charge in [0.2, 0.25) is 5.91 Å². The van der Waals surface area contributed by atoms with Crippen LogP contribution in [0.5, 0.6) is 0 Å². The molecule has 1 aliphatic heterocycles. The van der Waals surface area contributed by atoms with E-state index in [4.69, 9.17) is 16.3 Å². The number of rotatable bonds is 6. The minimum Gasteiger partial charge on any atom is -0.480 e. The van der Waals surface area contributed by atoms with Gasteiger partial charge in [-0.2, -0.15) is 0 Å². The molecule has 1 aromatic rings. The molecule has 0 saturated carbocycles. The Morgan fingerprint density at radius 2 is 2.08 bits per heavy atom. The zero-order valence-electron chi connectivity index (χ0n) is 12.6. The minimum absolute atomic E-state index is 0.0713. The average Bonchev–Trinajstić information content (AvgIpc) is 2.55. The van der Waals surface area contributed by atoms with Gasteiger partial charge in [0.25, 0.3) is 5.69 Å². The van der Waals surface area contributed by atoms with Crippen molar-refractivity contribution in [2.45, 2.75) is 12.5 Å². The Morgan fingerprint density at radius 1 is 1.42 bits per heavy atom. The predicted molar refractivity (Wildman–Crippen MR) is 85.2 cm³/mol. The van der Waals surface area contributed by atoms with E-state index < -0.39 is 22.8 Å². The molecule has 1 unspecified atom stereocenters. The molecule has 1 heterocycles. The number of carbonyl (C=O) groups is 2. The fourth-order valence-corrected chi connectivity index (χ4v) is 2.53. The molecule has 1 aromatic carbocycles. The lowest BCUT2D eigenvalue weighted by atomic mass is 10.1. The van der Waals surface area contributed by atoms with Crippen molar-refractivity contribution in [3.05, 3.63) is 33.3 Å². The van der Waals surface area contributed by atoms with E-state index in [9.17, 15) is 24.8 Å². The van der Waals surface area contributed by atoms with Crippen LogP contribution in [0.4, 0.5) is 11.4 Å². The van der Waals surface area contributed by atoms with Gasteiger partial charge in [0.05, 0.1) is 35.3 Å². The maximum Gasteiger partial charge on any atom is 0.321 e. The third kappa shape index (κ3) is 4.63. The summed E-state index contributed by atoms with van der Waals surface area (Å²) in [7, 11) is 0. The number of hydrogen-bond acceptors (Lipinski definition) is 6. The summed E-state index contributed by atoms with van der Waals surface area (Å²) in [6.07, 6.45) is -0.297. The van der Waals surface area contributed by atoms with Gasteiger partial charge in [-0.3, -0.25) is 24.6 Å². The SMILES string of the molecule is O=C(CC(C(=O)O)N1CCOCC1)Nc1cc([N+](=O)[O-])ccc1Cl. The minimum atomic E-state index is -1.11. The van der Waals surface area contributed by atoms with Crippen LogP contribution >= 0.6 is 11.6 Å². The van der Waals surface area contributed by atoms with Crippen molar-refractivity contribution in [2.24, 2.45) is 0 Å². The van der Waals surface area contributed by atoms with Crippen LogP contribution in [0.15, 0.2) is 18.2 Å². The molecule has 1 atom stereocenters. The first-order valence-electron chi connectivity index (χ1n) is 7.17. The van der Waals surface area contributed by atoms with Crippen LogP contribution < -0.4 is 5.32 Å². The van der Waals surface area contributed by atoms with Gasteiger partial charge in [-0.1, -0.05) is 11.6 Å². The number of carbonyl (C=O) groups excluding carboxylic acids is 1. The van der Waals surface area contributed by atoms with Crippen molar-refractivity contribution in [1.29, 1.82) is 0 Å². The highest BCUT2D eigenvalue weighted by atomic mass is 35.5. The molecule has 0 bridgehead atoms. The molecule has 0 aliphatic carbocycles. The average molecular weight is 358 g/mol. The summed E-state index contributed by atoms with van der Waals surface area (Å²) in [5.41, 5.74) is -0.153. The van der Waals surface area contributed by atoms with Crippen molar-refractivity contribution < 1.29 is 24.4 Å². The van der Waals surface area contributed by atoms with Crippen LogP contribution in [0.25, 0.3) is 0 Å². The molecule has 1 amide bonds. The quantitative estimate of drug-likeness (QED) is 0.582. The summed E-state index contributed by atoms with van der Waals surface area (Å²) in [6.45, 7) is 1.65. The molecule has 9 nitrogen and oxygen atoms in total. The van der Waals surface area contributed by atoms with Crippen LogP contribution in [0.1, 0.15) is 6.42 Å². The van der Waals surface area contributed by atoms with Crippen LogP contribution in [0.3, 0.4) is 0 Å². The Labute approximate surface area is 142 Å². The number of morpholine rings is 1. The number of nitro groups is 1. The number of non-ortho nitro benzene ring substituents is 1. The van der Waals surface area contributed by atoms with Crippen molar-refractivity contribution >= 4 is 34.9 Å². The van der Waals surface area contributed by atoms with E-state index in [-0.39, 0.29) is 22.8 Å². The van der Waals surface area contributed by atoms with Crippen LogP contribution in [0, 0.1) is 10.1 Å². The highest BCUT2D eigenvalue weighted by molar-refractivity contribution is 6.33. The van der Waals surface area contributed by atoms with Crippen molar-refractivity contribution in [3.63, 3.8) is 0 Å². The van der Waals surface area contributed by atoms with Gasteiger partial charge in [0.15, 0.2) is 0 Å². The lowest BCUT2D eigenvalue weighted by Gasteiger charge is -2.31. The molecule has 2 N–H and O–H groups in total. The molecular formula is C14H16ClN3O6. The molecule has 10 heteroatoms. The molecule has 130 valence electrons. The second-order valence-corrected chi connectivity index (χ2v) is 5.58. The van der Waals surface area contributed by atoms with E-state index in [2.05, 4.69) is 5.32 Å². The monoisotopic (exact) mass is 357 g/mol. The first-order valence-corrected chi connectivity index (χ1v) is 7.54. The Balaban J connectivity index is 2.06. The lowest BCUT2D eigenvalue weighted by molar-refractivity contribution is -0.384. The van der Waals surface area contributed by atoms with Crippen molar-refractivity contribution in [2.75, 3.05) is 31.6 Å². The predicted octanol–water partition coefficient (Wildman–Crippen LogP) is 1.36. The van der Waals surface area contributed by atoms with E-state index in [0.717, 1.165) is 6.07 Å². The Hall–Kier alpha value is -2.23. The van der Waals surface area contributed by atoms with Gasteiger partial charge in [-0.05, 0) is 6.07 Å². The number of nitrogens with one attached hydrogen (secondary N) is 1. The molecule has 1 saturated heterocycles. The third-order valence-corrected chi connectivity index (χ3v) is 3.91. The highest BCUT2D eigenvalue weighted by Crippen LogP contribution is 2.27. The molecule has 0 radical (unpaired) electrons. The normalized spacial score (nSPS) is 16.4. The molecule has 1 fully saturated rings. The van der Waals surface area contributed by atoms with Crippen molar-refractivity contribution in [3.8, 4) is 0 Å². The summed E-state index contributed by atoms with van der Waals surface area (Å²) >= 11 is 5.91. The number of nitrogens with zero attached hydrogens (tertiary/aromatic N) is 2. The smallest absolute Gasteiger partial charge is 0.321 e. The Morgan fingerprint density at radius 3 is 2.67 bits per heavy atom. The topological polar surface area (TPSA) is 122 Å². The summed E-state index contributed by atoms with van der Waals surface area (Å²) < 4.78 is 5.17. The lowest BCUT2D eigenvalue weighted by Crippen LogP contribution is -2.48. The number of ether oxygens (including phenoxy) is 1. The molecule has 24 heavy (non-hydrogen) atoms. The number of anilines is 1. The molecular weight excluding hydrogens is 342 g/mol. The van der Waals surface area contributed by atoms with E-state index in [1.807, 2.05) is 0 Å². The largest absolute Gasteiger partial charge is 0.480 e. The zero-order valence-corrected chi connectivity index (χ0v) is 13.4. The zero-order chi connectivity index (χ0) is 17.7. The van der Waals surface area contributed by atoms with Crippen LogP contribution in [0.2, 0.25) is 5.02 Å². The van der Waals surface area contributed by atoms with Gasteiger partial charge in [0.1, 0.15) is 6.04 Å². The number of carboxylic acid groups (broad SMARTS) is 1. The summed E-state index contributed by atoms with van der Waals surface area (Å²) in [5, 5.41) is 22.7. The maximum atomic E-state index is 12.1. The summed E-state index contributed by atoms with van der Waals surface area (Å²) in [4.78, 5) is 35.4. The molecule has 0 aromatic heterocycles. The maximum absolute atomic E-state index is 12.1. The standard InChI is InChI=1S/C14H16ClN3O6/c15-10-2-1-9(18(22)23)7-11(10)16-13(19)8-12(14(20)21)17-3-5-24-6-4-17/h1-2,7,12H,3-6,8H2,(H,16,19)(H,20,21). The first kappa shape index (κ1) is 18.1. The molecule has 0 spiro atoms. The van der Waals surface area contributed by atoms with Crippen LogP contribution in [-0.2, 0) is 14.3 Å². The first-order chi connectivity index (χ1) is 11.4. The van der Waals surface area contributed by atoms with Crippen molar-refractivity contribution in [1.82, 2.24) is 4.90 Å². The second-order valence-electron chi connectivity index (χ2n) is 5.18. The third-order valence-electron chi connectivity index (χ3n) is 3.59. The number of carboxylic acids is 1. The van der Waals surface area contributed by atoms with Gasteiger partial charge in [0, 0.05) is 25.2 Å². The number of halogens is 1. The highest BCUT2D eigenvalue weighted by Gasteiger charge is 2.29. The van der Waals surface area contributed by atoms with E-state index in [0.29, 0.717) is 26.3 Å². The van der Waals surface area contributed by atoms with Crippen LogP contribution in [-0.4, -0.2) is 59.2 Å². The van der Waals surface area contributed by atoms with E-state index in [1.54, 1.807) is 4.90 Å². The number of nitro benzene ring substituents is 1.